The first-order valence-corrected chi connectivity index (χ1v) is 7.34. The molecule has 1 amide bonds. The van der Waals surface area contributed by atoms with Crippen molar-refractivity contribution < 1.29 is 4.79 Å². The number of rotatable bonds is 4. The SMILES string of the molecule is CC1(C)C(C(=O)N2CCCC2CCCN)C1(C)C. The van der Waals surface area contributed by atoms with Gasteiger partial charge in [0, 0.05) is 18.5 Å². The van der Waals surface area contributed by atoms with Gasteiger partial charge in [0.05, 0.1) is 0 Å². The van der Waals surface area contributed by atoms with Crippen LogP contribution in [0, 0.1) is 16.7 Å². The molecule has 2 N–H and O–H groups in total. The second-order valence-corrected chi connectivity index (χ2v) is 7.13. The third kappa shape index (κ3) is 1.97. The zero-order valence-electron chi connectivity index (χ0n) is 12.3. The molecule has 1 heterocycles. The quantitative estimate of drug-likeness (QED) is 0.835. The fraction of sp³-hybridized carbons (Fsp3) is 0.933. The predicted octanol–water partition coefficient (Wildman–Crippen LogP) is 2.40. The molecule has 1 aliphatic heterocycles. The van der Waals surface area contributed by atoms with Crippen LogP contribution >= 0.6 is 0 Å². The number of hydrogen-bond donors (Lipinski definition) is 1. The monoisotopic (exact) mass is 252 g/mol. The number of amides is 1. The Morgan fingerprint density at radius 2 is 1.89 bits per heavy atom. The fourth-order valence-electron chi connectivity index (χ4n) is 3.76. The topological polar surface area (TPSA) is 46.3 Å². The Morgan fingerprint density at radius 1 is 1.28 bits per heavy atom. The van der Waals surface area contributed by atoms with E-state index in [2.05, 4.69) is 32.6 Å². The molecule has 2 fully saturated rings. The third-order valence-electron chi connectivity index (χ3n) is 5.67. The van der Waals surface area contributed by atoms with Crippen molar-refractivity contribution in [3.63, 3.8) is 0 Å². The molecule has 0 aromatic heterocycles. The highest BCUT2D eigenvalue weighted by molar-refractivity contribution is 5.84. The molecule has 0 bridgehead atoms. The van der Waals surface area contributed by atoms with E-state index in [1.807, 2.05) is 0 Å². The predicted molar refractivity (Wildman–Crippen MR) is 74.1 cm³/mol. The summed E-state index contributed by atoms with van der Waals surface area (Å²) in [6.07, 6.45) is 4.44. The minimum Gasteiger partial charge on any atom is -0.339 e. The molecular weight excluding hydrogens is 224 g/mol. The van der Waals surface area contributed by atoms with E-state index in [0.29, 0.717) is 11.9 Å². The zero-order valence-corrected chi connectivity index (χ0v) is 12.3. The highest BCUT2D eigenvalue weighted by Crippen LogP contribution is 2.69. The average Bonchev–Trinajstić information content (AvgIpc) is 2.68. The maximum Gasteiger partial charge on any atom is 0.227 e. The smallest absolute Gasteiger partial charge is 0.227 e. The van der Waals surface area contributed by atoms with E-state index in [-0.39, 0.29) is 16.7 Å². The molecule has 104 valence electrons. The minimum absolute atomic E-state index is 0.158. The van der Waals surface area contributed by atoms with Crippen molar-refractivity contribution in [2.24, 2.45) is 22.5 Å². The van der Waals surface area contributed by atoms with Crippen molar-refractivity contribution in [1.82, 2.24) is 4.90 Å². The molecule has 1 atom stereocenters. The first-order chi connectivity index (χ1) is 8.34. The molecule has 3 heteroatoms. The Kier molecular flexibility index (Phi) is 3.48. The maximum absolute atomic E-state index is 12.7. The Bertz CT molecular complexity index is 321. The Balaban J connectivity index is 2.01. The van der Waals surface area contributed by atoms with Crippen molar-refractivity contribution in [3.05, 3.63) is 0 Å². The van der Waals surface area contributed by atoms with Gasteiger partial charge in [0.1, 0.15) is 0 Å². The van der Waals surface area contributed by atoms with Crippen LogP contribution in [-0.4, -0.2) is 29.9 Å². The minimum atomic E-state index is 0.158. The van der Waals surface area contributed by atoms with Crippen LogP contribution in [-0.2, 0) is 4.79 Å². The van der Waals surface area contributed by atoms with Gasteiger partial charge in [-0.05, 0) is 43.1 Å². The number of nitrogens with zero attached hydrogens (tertiary/aromatic N) is 1. The summed E-state index contributed by atoms with van der Waals surface area (Å²) in [5.74, 6) is 0.605. The maximum atomic E-state index is 12.7. The van der Waals surface area contributed by atoms with Crippen LogP contribution in [0.15, 0.2) is 0 Å². The number of nitrogens with two attached hydrogens (primary N) is 1. The lowest BCUT2D eigenvalue weighted by atomic mass is 10.0. The first kappa shape index (κ1) is 13.9. The molecule has 1 saturated heterocycles. The van der Waals surface area contributed by atoms with E-state index < -0.39 is 0 Å². The molecule has 0 aromatic rings. The molecule has 0 aromatic carbocycles. The molecule has 1 saturated carbocycles. The Hall–Kier alpha value is -0.570. The summed E-state index contributed by atoms with van der Waals surface area (Å²) < 4.78 is 0. The van der Waals surface area contributed by atoms with Crippen LogP contribution in [0.1, 0.15) is 53.4 Å². The van der Waals surface area contributed by atoms with E-state index in [9.17, 15) is 4.79 Å². The van der Waals surface area contributed by atoms with Gasteiger partial charge in [-0.1, -0.05) is 27.7 Å². The summed E-state index contributed by atoms with van der Waals surface area (Å²) in [6.45, 7) is 10.6. The van der Waals surface area contributed by atoms with Crippen LogP contribution in [0.25, 0.3) is 0 Å². The molecule has 18 heavy (non-hydrogen) atoms. The highest BCUT2D eigenvalue weighted by Gasteiger charge is 2.69. The van der Waals surface area contributed by atoms with E-state index in [0.717, 1.165) is 32.4 Å². The molecule has 2 aliphatic rings. The summed E-state index contributed by atoms with van der Waals surface area (Å²) in [5, 5.41) is 0. The third-order valence-corrected chi connectivity index (χ3v) is 5.67. The number of hydrogen-bond acceptors (Lipinski definition) is 2. The van der Waals surface area contributed by atoms with Gasteiger partial charge in [0.2, 0.25) is 5.91 Å². The summed E-state index contributed by atoms with van der Waals surface area (Å²) in [4.78, 5) is 14.9. The number of carbonyl (C=O) groups is 1. The molecule has 3 nitrogen and oxygen atoms in total. The fourth-order valence-corrected chi connectivity index (χ4v) is 3.76. The van der Waals surface area contributed by atoms with Crippen molar-refractivity contribution in [2.45, 2.75) is 59.4 Å². The van der Waals surface area contributed by atoms with Crippen LogP contribution in [0.2, 0.25) is 0 Å². The first-order valence-electron chi connectivity index (χ1n) is 7.34. The average molecular weight is 252 g/mol. The summed E-state index contributed by atoms with van der Waals surface area (Å²) >= 11 is 0. The van der Waals surface area contributed by atoms with E-state index in [4.69, 9.17) is 5.73 Å². The van der Waals surface area contributed by atoms with E-state index in [1.165, 1.54) is 6.42 Å². The van der Waals surface area contributed by atoms with Crippen molar-refractivity contribution >= 4 is 5.91 Å². The lowest BCUT2D eigenvalue weighted by molar-refractivity contribution is -0.134. The van der Waals surface area contributed by atoms with Gasteiger partial charge in [-0.25, -0.2) is 0 Å². The van der Waals surface area contributed by atoms with Gasteiger partial charge >= 0.3 is 0 Å². The molecule has 0 spiro atoms. The van der Waals surface area contributed by atoms with Gasteiger partial charge in [0.15, 0.2) is 0 Å². The Morgan fingerprint density at radius 3 is 2.39 bits per heavy atom. The zero-order chi connectivity index (χ0) is 13.6. The summed E-state index contributed by atoms with van der Waals surface area (Å²) in [6, 6.07) is 0.452. The van der Waals surface area contributed by atoms with Crippen molar-refractivity contribution in [1.29, 1.82) is 0 Å². The molecule has 1 aliphatic carbocycles. The van der Waals surface area contributed by atoms with Crippen LogP contribution in [0.3, 0.4) is 0 Å². The van der Waals surface area contributed by atoms with Gasteiger partial charge in [-0.15, -0.1) is 0 Å². The van der Waals surface area contributed by atoms with Crippen molar-refractivity contribution in [2.75, 3.05) is 13.1 Å². The Labute approximate surface area is 111 Å². The normalized spacial score (nSPS) is 29.6. The van der Waals surface area contributed by atoms with E-state index >= 15 is 0 Å². The van der Waals surface area contributed by atoms with Gasteiger partial charge in [0.25, 0.3) is 0 Å². The lowest BCUT2D eigenvalue weighted by Gasteiger charge is -2.25. The van der Waals surface area contributed by atoms with Crippen LogP contribution < -0.4 is 5.73 Å². The summed E-state index contributed by atoms with van der Waals surface area (Å²) in [5.41, 5.74) is 5.90. The second kappa shape index (κ2) is 4.52. The highest BCUT2D eigenvalue weighted by atomic mass is 16.2. The molecule has 0 radical (unpaired) electrons. The lowest BCUT2D eigenvalue weighted by Crippen LogP contribution is -2.38. The summed E-state index contributed by atoms with van der Waals surface area (Å²) in [7, 11) is 0. The number of carbonyl (C=O) groups excluding carboxylic acids is 1. The number of likely N-dealkylation sites (tertiary alicyclic amines) is 1. The van der Waals surface area contributed by atoms with Gasteiger partial charge in [-0.3, -0.25) is 4.79 Å². The largest absolute Gasteiger partial charge is 0.339 e. The standard InChI is InChI=1S/C15H28N2O/c1-14(2)12(15(14,3)4)13(18)17-10-6-8-11(17)7-5-9-16/h11-12H,5-10,16H2,1-4H3. The van der Waals surface area contributed by atoms with Crippen LogP contribution in [0.5, 0.6) is 0 Å². The van der Waals surface area contributed by atoms with Crippen LogP contribution in [0.4, 0.5) is 0 Å². The molecule has 2 rings (SSSR count). The van der Waals surface area contributed by atoms with Gasteiger partial charge < -0.3 is 10.6 Å². The molecular formula is C15H28N2O. The van der Waals surface area contributed by atoms with Crippen molar-refractivity contribution in [3.8, 4) is 0 Å². The van der Waals surface area contributed by atoms with E-state index in [1.54, 1.807) is 0 Å². The molecule has 1 unspecified atom stereocenters. The van der Waals surface area contributed by atoms with Gasteiger partial charge in [-0.2, -0.15) is 0 Å². The second-order valence-electron chi connectivity index (χ2n) is 7.13.